The number of carbonyl (C=O) groups is 1. The molecular weight excluding hydrogens is 332 g/mol. The van der Waals surface area contributed by atoms with Crippen LogP contribution in [0.2, 0.25) is 0 Å². The summed E-state index contributed by atoms with van der Waals surface area (Å²) in [5.74, 6) is -2.24. The molecule has 0 radical (unpaired) electrons. The molecule has 0 aliphatic heterocycles. The Bertz CT molecular complexity index is 878. The highest BCUT2D eigenvalue weighted by Crippen LogP contribution is 2.27. The van der Waals surface area contributed by atoms with Gasteiger partial charge in [0.15, 0.2) is 5.16 Å². The lowest BCUT2D eigenvalue weighted by Gasteiger charge is -2.07. The maximum Gasteiger partial charge on any atom is 0.258 e. The van der Waals surface area contributed by atoms with Gasteiger partial charge in [-0.25, -0.2) is 13.8 Å². The first-order valence-electron chi connectivity index (χ1n) is 7.04. The highest BCUT2D eigenvalue weighted by Gasteiger charge is 2.12. The Hall–Kier alpha value is -2.67. The first-order valence-corrected chi connectivity index (χ1v) is 7.86. The molecule has 3 rings (SSSR count). The van der Waals surface area contributed by atoms with Crippen LogP contribution in [0.4, 0.5) is 14.5 Å². The second-order valence-corrected chi connectivity index (χ2v) is 6.07. The average molecular weight is 345 g/mol. The zero-order chi connectivity index (χ0) is 17.1. The van der Waals surface area contributed by atoms with Gasteiger partial charge in [-0.05, 0) is 36.4 Å². The quantitative estimate of drug-likeness (QED) is 0.774. The number of hydrogen-bond acceptors (Lipinski definition) is 3. The summed E-state index contributed by atoms with van der Waals surface area (Å²) >= 11 is 1.49. The average Bonchev–Trinajstić information content (AvgIpc) is 2.94. The maximum absolute atomic E-state index is 13.6. The number of nitrogens with zero attached hydrogens (tertiary/aromatic N) is 2. The molecule has 7 heteroatoms. The molecule has 0 aliphatic carbocycles. The minimum atomic E-state index is -0.894. The van der Waals surface area contributed by atoms with Crippen LogP contribution in [-0.2, 0) is 7.05 Å². The van der Waals surface area contributed by atoms with Crippen molar-refractivity contribution in [2.24, 2.45) is 7.05 Å². The zero-order valence-electron chi connectivity index (χ0n) is 12.7. The number of benzene rings is 2. The van der Waals surface area contributed by atoms with Crippen LogP contribution in [0.25, 0.3) is 0 Å². The van der Waals surface area contributed by atoms with E-state index in [0.717, 1.165) is 22.2 Å². The van der Waals surface area contributed by atoms with Gasteiger partial charge in [0, 0.05) is 36.1 Å². The van der Waals surface area contributed by atoms with E-state index in [-0.39, 0.29) is 5.56 Å². The number of anilines is 1. The van der Waals surface area contributed by atoms with Crippen molar-refractivity contribution >= 4 is 23.4 Å². The van der Waals surface area contributed by atoms with Crippen molar-refractivity contribution in [2.45, 2.75) is 10.1 Å². The number of aryl methyl sites for hydroxylation is 1. The van der Waals surface area contributed by atoms with E-state index in [9.17, 15) is 13.6 Å². The Morgan fingerprint density at radius 1 is 1.17 bits per heavy atom. The molecule has 24 heavy (non-hydrogen) atoms. The number of imidazole rings is 1. The summed E-state index contributed by atoms with van der Waals surface area (Å²) < 4.78 is 28.4. The molecule has 1 aromatic heterocycles. The van der Waals surface area contributed by atoms with Crippen LogP contribution in [0.15, 0.2) is 64.9 Å². The number of nitrogens with one attached hydrogen (secondary N) is 1. The van der Waals surface area contributed by atoms with Crippen LogP contribution in [0.3, 0.4) is 0 Å². The molecule has 1 amide bonds. The highest BCUT2D eigenvalue weighted by molar-refractivity contribution is 7.99. The Kier molecular flexibility index (Phi) is 4.61. The van der Waals surface area contributed by atoms with E-state index in [1.54, 1.807) is 18.3 Å². The molecule has 0 aliphatic rings. The summed E-state index contributed by atoms with van der Waals surface area (Å²) in [6.07, 6.45) is 3.57. The zero-order valence-corrected chi connectivity index (χ0v) is 13.5. The fourth-order valence-corrected chi connectivity index (χ4v) is 2.84. The first-order chi connectivity index (χ1) is 11.5. The number of aromatic nitrogens is 2. The van der Waals surface area contributed by atoms with Gasteiger partial charge in [0.05, 0.1) is 5.56 Å². The standard InChI is InChI=1S/C17H13F2N3OS/c1-22-9-8-20-17(22)24-13-5-3-12(4-6-13)21-16(23)14-7-2-11(18)10-15(14)19/h2-10H,1H3,(H,21,23). The normalized spacial score (nSPS) is 10.6. The van der Waals surface area contributed by atoms with E-state index >= 15 is 0 Å². The number of carbonyl (C=O) groups excluding carboxylic acids is 1. The third-order valence-electron chi connectivity index (χ3n) is 3.27. The summed E-state index contributed by atoms with van der Waals surface area (Å²) in [6.45, 7) is 0. The van der Waals surface area contributed by atoms with Crippen molar-refractivity contribution in [2.75, 3.05) is 5.32 Å². The molecule has 0 spiro atoms. The number of hydrogen-bond donors (Lipinski definition) is 1. The summed E-state index contributed by atoms with van der Waals surface area (Å²) in [6, 6.07) is 9.93. The smallest absolute Gasteiger partial charge is 0.258 e. The molecule has 0 bridgehead atoms. The Labute approximate surface area is 141 Å². The van der Waals surface area contributed by atoms with Gasteiger partial charge < -0.3 is 9.88 Å². The molecule has 1 N–H and O–H groups in total. The predicted molar refractivity (Wildman–Crippen MR) is 88.1 cm³/mol. The van der Waals surface area contributed by atoms with E-state index in [1.165, 1.54) is 11.8 Å². The van der Waals surface area contributed by atoms with Crippen LogP contribution in [0.1, 0.15) is 10.4 Å². The molecule has 0 fully saturated rings. The first kappa shape index (κ1) is 16.2. The molecule has 2 aromatic carbocycles. The van der Waals surface area contributed by atoms with E-state index in [1.807, 2.05) is 29.9 Å². The van der Waals surface area contributed by atoms with Gasteiger partial charge in [0.25, 0.3) is 5.91 Å². The lowest BCUT2D eigenvalue weighted by molar-refractivity contribution is 0.102. The fourth-order valence-electron chi connectivity index (χ4n) is 2.03. The van der Waals surface area contributed by atoms with E-state index in [2.05, 4.69) is 10.3 Å². The minimum Gasteiger partial charge on any atom is -0.329 e. The maximum atomic E-state index is 13.6. The van der Waals surface area contributed by atoms with Crippen molar-refractivity contribution in [1.29, 1.82) is 0 Å². The lowest BCUT2D eigenvalue weighted by atomic mass is 10.2. The Balaban J connectivity index is 1.69. The summed E-state index contributed by atoms with van der Waals surface area (Å²) in [5.41, 5.74) is 0.316. The minimum absolute atomic E-state index is 0.206. The monoisotopic (exact) mass is 345 g/mol. The number of rotatable bonds is 4. The summed E-state index contributed by atoms with van der Waals surface area (Å²) in [5, 5.41) is 3.43. The number of amides is 1. The van der Waals surface area contributed by atoms with Gasteiger partial charge in [-0.2, -0.15) is 0 Å². The van der Waals surface area contributed by atoms with Gasteiger partial charge >= 0.3 is 0 Å². The second-order valence-electron chi connectivity index (χ2n) is 5.03. The highest BCUT2D eigenvalue weighted by atomic mass is 32.2. The molecule has 0 saturated carbocycles. The van der Waals surface area contributed by atoms with Crippen molar-refractivity contribution in [1.82, 2.24) is 9.55 Å². The molecule has 3 aromatic rings. The van der Waals surface area contributed by atoms with Crippen molar-refractivity contribution in [3.8, 4) is 0 Å². The molecule has 0 saturated heterocycles. The molecule has 1 heterocycles. The second kappa shape index (κ2) is 6.84. The van der Waals surface area contributed by atoms with Gasteiger partial charge in [0.2, 0.25) is 0 Å². The topological polar surface area (TPSA) is 46.9 Å². The van der Waals surface area contributed by atoms with Crippen LogP contribution < -0.4 is 5.32 Å². The van der Waals surface area contributed by atoms with Crippen molar-refractivity contribution in [3.63, 3.8) is 0 Å². The largest absolute Gasteiger partial charge is 0.329 e. The summed E-state index contributed by atoms with van der Waals surface area (Å²) in [7, 11) is 1.90. The SMILES string of the molecule is Cn1ccnc1Sc1ccc(NC(=O)c2ccc(F)cc2F)cc1. The lowest BCUT2D eigenvalue weighted by Crippen LogP contribution is -2.13. The third-order valence-corrected chi connectivity index (χ3v) is 4.36. The summed E-state index contributed by atoms with van der Waals surface area (Å²) in [4.78, 5) is 17.2. The van der Waals surface area contributed by atoms with Gasteiger partial charge in [-0.1, -0.05) is 11.8 Å². The molecule has 0 atom stereocenters. The Morgan fingerprint density at radius 2 is 1.92 bits per heavy atom. The van der Waals surface area contributed by atoms with Crippen LogP contribution in [0.5, 0.6) is 0 Å². The van der Waals surface area contributed by atoms with E-state index < -0.39 is 17.5 Å². The van der Waals surface area contributed by atoms with Crippen LogP contribution in [0, 0.1) is 11.6 Å². The van der Waals surface area contributed by atoms with Crippen LogP contribution in [-0.4, -0.2) is 15.5 Å². The van der Waals surface area contributed by atoms with Gasteiger partial charge in [-0.15, -0.1) is 0 Å². The van der Waals surface area contributed by atoms with Gasteiger partial charge in [0.1, 0.15) is 11.6 Å². The number of halogens is 2. The van der Waals surface area contributed by atoms with E-state index in [4.69, 9.17) is 0 Å². The third kappa shape index (κ3) is 3.62. The Morgan fingerprint density at radius 3 is 2.54 bits per heavy atom. The van der Waals surface area contributed by atoms with Crippen molar-refractivity contribution < 1.29 is 13.6 Å². The molecule has 0 unspecified atom stereocenters. The van der Waals surface area contributed by atoms with Crippen LogP contribution >= 0.6 is 11.8 Å². The molecule has 4 nitrogen and oxygen atoms in total. The van der Waals surface area contributed by atoms with Crippen molar-refractivity contribution in [3.05, 3.63) is 72.1 Å². The van der Waals surface area contributed by atoms with Gasteiger partial charge in [-0.3, -0.25) is 4.79 Å². The molecular formula is C17H13F2N3OS. The fraction of sp³-hybridized carbons (Fsp3) is 0.0588. The molecule has 122 valence electrons. The predicted octanol–water partition coefficient (Wildman–Crippen LogP) is 4.10. The van der Waals surface area contributed by atoms with E-state index in [0.29, 0.717) is 11.8 Å².